The van der Waals surface area contributed by atoms with Crippen molar-refractivity contribution < 1.29 is 9.53 Å². The molecule has 1 unspecified atom stereocenters. The second-order valence-corrected chi connectivity index (χ2v) is 4.91. The van der Waals surface area contributed by atoms with Gasteiger partial charge in [0.25, 0.3) is 0 Å². The average molecular weight is 310 g/mol. The zero-order valence-corrected chi connectivity index (χ0v) is 11.2. The first-order valence-corrected chi connectivity index (χ1v) is 6.25. The van der Waals surface area contributed by atoms with Crippen LogP contribution in [-0.2, 0) is 9.53 Å². The van der Waals surface area contributed by atoms with Crippen molar-refractivity contribution in [1.82, 2.24) is 0 Å². The highest BCUT2D eigenvalue weighted by Gasteiger charge is 2.28. The number of nitrogens with two attached hydrogens (primary N) is 1. The number of carbonyl (C=O) groups is 1. The number of hydrogen-bond acceptors (Lipinski definition) is 4. The lowest BCUT2D eigenvalue weighted by atomic mass is 10.1. The number of benzene rings is 1. The molecule has 1 aliphatic rings. The van der Waals surface area contributed by atoms with E-state index in [0.717, 1.165) is 10.2 Å². The molecule has 0 radical (unpaired) electrons. The summed E-state index contributed by atoms with van der Waals surface area (Å²) >= 11 is 3.35. The van der Waals surface area contributed by atoms with Gasteiger partial charge in [0.2, 0.25) is 5.91 Å². The number of nitrogens with zero attached hydrogens (tertiary/aromatic N) is 2. The summed E-state index contributed by atoms with van der Waals surface area (Å²) in [4.78, 5) is 13.3. The molecule has 1 saturated heterocycles. The third-order valence-electron chi connectivity index (χ3n) is 2.80. The van der Waals surface area contributed by atoms with Crippen LogP contribution in [0.5, 0.6) is 0 Å². The maximum Gasteiger partial charge on any atom is 0.242 e. The fraction of sp³-hybridized carbons (Fsp3) is 0.333. The van der Waals surface area contributed by atoms with Gasteiger partial charge in [-0.25, -0.2) is 0 Å². The van der Waals surface area contributed by atoms with Crippen molar-refractivity contribution >= 4 is 27.5 Å². The summed E-state index contributed by atoms with van der Waals surface area (Å²) in [5, 5.41) is 8.95. The van der Waals surface area contributed by atoms with Crippen molar-refractivity contribution in [3.63, 3.8) is 0 Å². The lowest BCUT2D eigenvalue weighted by Gasteiger charge is -2.35. The van der Waals surface area contributed by atoms with Crippen LogP contribution in [-0.4, -0.2) is 31.7 Å². The highest BCUT2D eigenvalue weighted by atomic mass is 79.9. The SMILES string of the molecule is N#Cc1cc(Br)cc(N2CCOCC2C(N)=O)c1. The van der Waals surface area contributed by atoms with Crippen LogP contribution in [0.25, 0.3) is 0 Å². The van der Waals surface area contributed by atoms with Gasteiger partial charge in [0.1, 0.15) is 6.04 Å². The Morgan fingerprint density at radius 2 is 2.33 bits per heavy atom. The van der Waals surface area contributed by atoms with Gasteiger partial charge in [-0.05, 0) is 18.2 Å². The number of amides is 1. The molecule has 1 aliphatic heterocycles. The van der Waals surface area contributed by atoms with E-state index in [1.54, 1.807) is 12.1 Å². The predicted octanol–water partition coefficient (Wildman–Crippen LogP) is 1.01. The Bertz CT molecular complexity index is 513. The molecule has 1 aromatic rings. The van der Waals surface area contributed by atoms with Gasteiger partial charge in [-0.3, -0.25) is 4.79 Å². The van der Waals surface area contributed by atoms with E-state index in [0.29, 0.717) is 18.7 Å². The maximum atomic E-state index is 11.4. The summed E-state index contributed by atoms with van der Waals surface area (Å²) in [7, 11) is 0. The van der Waals surface area contributed by atoms with Crippen LogP contribution in [0.2, 0.25) is 0 Å². The molecule has 5 nitrogen and oxygen atoms in total. The Morgan fingerprint density at radius 1 is 1.56 bits per heavy atom. The summed E-state index contributed by atoms with van der Waals surface area (Å²) in [6.07, 6.45) is 0. The molecule has 1 heterocycles. The molecule has 2 N–H and O–H groups in total. The van der Waals surface area contributed by atoms with Crippen molar-refractivity contribution in [3.8, 4) is 6.07 Å². The molecule has 0 spiro atoms. The number of carbonyl (C=O) groups excluding carboxylic acids is 1. The van der Waals surface area contributed by atoms with Crippen LogP contribution < -0.4 is 10.6 Å². The van der Waals surface area contributed by atoms with E-state index in [9.17, 15) is 4.79 Å². The summed E-state index contributed by atoms with van der Waals surface area (Å²) in [5.74, 6) is -0.423. The smallest absolute Gasteiger partial charge is 0.242 e. The van der Waals surface area contributed by atoms with Crippen LogP contribution in [0, 0.1) is 11.3 Å². The third kappa shape index (κ3) is 2.63. The first-order valence-electron chi connectivity index (χ1n) is 5.46. The molecule has 0 saturated carbocycles. The van der Waals surface area contributed by atoms with Crippen LogP contribution in [0.3, 0.4) is 0 Å². The van der Waals surface area contributed by atoms with Crippen molar-refractivity contribution in [1.29, 1.82) is 5.26 Å². The van der Waals surface area contributed by atoms with E-state index in [1.807, 2.05) is 11.0 Å². The number of nitriles is 1. The number of rotatable bonds is 2. The monoisotopic (exact) mass is 309 g/mol. The fourth-order valence-electron chi connectivity index (χ4n) is 1.95. The van der Waals surface area contributed by atoms with Gasteiger partial charge in [-0.15, -0.1) is 0 Å². The summed E-state index contributed by atoms with van der Waals surface area (Å²) in [6, 6.07) is 6.93. The second-order valence-electron chi connectivity index (χ2n) is 4.00. The van der Waals surface area contributed by atoms with Gasteiger partial charge < -0.3 is 15.4 Å². The lowest BCUT2D eigenvalue weighted by Crippen LogP contribution is -2.52. The first-order chi connectivity index (χ1) is 8.61. The summed E-state index contributed by atoms with van der Waals surface area (Å²) in [5.41, 5.74) is 6.70. The van der Waals surface area contributed by atoms with Crippen molar-refractivity contribution in [2.45, 2.75) is 6.04 Å². The third-order valence-corrected chi connectivity index (χ3v) is 3.26. The van der Waals surface area contributed by atoms with Crippen LogP contribution in [0.4, 0.5) is 5.69 Å². The van der Waals surface area contributed by atoms with E-state index in [4.69, 9.17) is 15.7 Å². The highest BCUT2D eigenvalue weighted by Crippen LogP contribution is 2.25. The molecule has 0 bridgehead atoms. The number of anilines is 1. The molecule has 0 aromatic heterocycles. The average Bonchev–Trinajstić information content (AvgIpc) is 2.38. The van der Waals surface area contributed by atoms with Gasteiger partial charge in [0.15, 0.2) is 0 Å². The molecule has 2 rings (SSSR count). The van der Waals surface area contributed by atoms with Crippen LogP contribution >= 0.6 is 15.9 Å². The van der Waals surface area contributed by atoms with Gasteiger partial charge in [0, 0.05) is 16.7 Å². The summed E-state index contributed by atoms with van der Waals surface area (Å²) in [6.45, 7) is 1.40. The Kier molecular flexibility index (Phi) is 3.84. The minimum Gasteiger partial charge on any atom is -0.377 e. The molecule has 6 heteroatoms. The number of ether oxygens (including phenoxy) is 1. The van der Waals surface area contributed by atoms with E-state index in [1.165, 1.54) is 0 Å². The minimum absolute atomic E-state index is 0.281. The van der Waals surface area contributed by atoms with Crippen molar-refractivity contribution in [3.05, 3.63) is 28.2 Å². The second kappa shape index (κ2) is 5.38. The molecule has 1 fully saturated rings. The minimum atomic E-state index is -0.486. The van der Waals surface area contributed by atoms with Gasteiger partial charge in [-0.1, -0.05) is 15.9 Å². The van der Waals surface area contributed by atoms with E-state index >= 15 is 0 Å². The first kappa shape index (κ1) is 12.9. The Labute approximate surface area is 113 Å². The quantitative estimate of drug-likeness (QED) is 0.884. The molecule has 1 aromatic carbocycles. The molecule has 0 aliphatic carbocycles. The van der Waals surface area contributed by atoms with Crippen molar-refractivity contribution in [2.24, 2.45) is 5.73 Å². The molecule has 1 atom stereocenters. The Balaban J connectivity index is 2.36. The largest absolute Gasteiger partial charge is 0.377 e. The van der Waals surface area contributed by atoms with E-state index in [2.05, 4.69) is 22.0 Å². The Morgan fingerprint density at radius 3 is 3.00 bits per heavy atom. The van der Waals surface area contributed by atoms with E-state index in [-0.39, 0.29) is 6.61 Å². The molecule has 18 heavy (non-hydrogen) atoms. The van der Waals surface area contributed by atoms with Crippen molar-refractivity contribution in [2.75, 3.05) is 24.7 Å². The zero-order valence-electron chi connectivity index (χ0n) is 9.60. The topological polar surface area (TPSA) is 79.3 Å². The number of hydrogen-bond donors (Lipinski definition) is 1. The van der Waals surface area contributed by atoms with Gasteiger partial charge >= 0.3 is 0 Å². The zero-order chi connectivity index (χ0) is 13.1. The van der Waals surface area contributed by atoms with Crippen LogP contribution in [0.1, 0.15) is 5.56 Å². The molecular weight excluding hydrogens is 298 g/mol. The number of halogens is 1. The number of primary amides is 1. The molecule has 94 valence electrons. The Hall–Kier alpha value is -1.58. The maximum absolute atomic E-state index is 11.4. The van der Waals surface area contributed by atoms with Gasteiger partial charge in [0.05, 0.1) is 24.8 Å². The van der Waals surface area contributed by atoms with E-state index < -0.39 is 11.9 Å². The van der Waals surface area contributed by atoms with Crippen LogP contribution in [0.15, 0.2) is 22.7 Å². The molecule has 1 amide bonds. The summed E-state index contributed by atoms with van der Waals surface area (Å²) < 4.78 is 6.06. The number of morpholine rings is 1. The standard InChI is InChI=1S/C12H12BrN3O2/c13-9-3-8(6-14)4-10(5-9)16-1-2-18-7-11(16)12(15)17/h3-5,11H,1-2,7H2,(H2,15,17). The molecular formula is C12H12BrN3O2. The normalized spacial score (nSPS) is 19.3. The lowest BCUT2D eigenvalue weighted by molar-refractivity contribution is -0.121. The highest BCUT2D eigenvalue weighted by molar-refractivity contribution is 9.10. The van der Waals surface area contributed by atoms with Gasteiger partial charge in [-0.2, -0.15) is 5.26 Å². The predicted molar refractivity (Wildman–Crippen MR) is 70.0 cm³/mol. The fourth-order valence-corrected chi connectivity index (χ4v) is 2.43.